The molecule has 0 saturated heterocycles. The molecular weight excluding hydrogens is 378 g/mol. The second kappa shape index (κ2) is 10.1. The number of hydrogen-bond donors (Lipinski definition) is 3. The third kappa shape index (κ3) is 5.73. The highest BCUT2D eigenvalue weighted by Gasteiger charge is 2.26. The van der Waals surface area contributed by atoms with Crippen LogP contribution in [-0.4, -0.2) is 40.5 Å². The Morgan fingerprint density at radius 1 is 1.20 bits per heavy atom. The lowest BCUT2D eigenvalue weighted by Gasteiger charge is -2.19. The number of nitrogens with zero attached hydrogens (tertiary/aromatic N) is 3. The maximum atomic E-state index is 10.6. The van der Waals surface area contributed by atoms with Crippen molar-refractivity contribution in [3.05, 3.63) is 71.9 Å². The zero-order valence-electron chi connectivity index (χ0n) is 17.9. The summed E-state index contributed by atoms with van der Waals surface area (Å²) >= 11 is 0. The van der Waals surface area contributed by atoms with Gasteiger partial charge in [-0.15, -0.1) is 0 Å². The summed E-state index contributed by atoms with van der Waals surface area (Å²) in [5, 5.41) is 21.8. The number of aliphatic imine (C=N–C) groups is 1. The largest absolute Gasteiger partial charge is 0.466 e. The van der Waals surface area contributed by atoms with Crippen molar-refractivity contribution >= 4 is 5.96 Å². The summed E-state index contributed by atoms with van der Waals surface area (Å²) in [7, 11) is 0. The van der Waals surface area contributed by atoms with E-state index in [2.05, 4.69) is 39.1 Å². The molecule has 160 valence electrons. The van der Waals surface area contributed by atoms with Crippen molar-refractivity contribution < 1.29 is 9.52 Å². The van der Waals surface area contributed by atoms with E-state index in [9.17, 15) is 5.11 Å². The van der Waals surface area contributed by atoms with Crippen LogP contribution in [0.25, 0.3) is 5.69 Å². The van der Waals surface area contributed by atoms with Crippen LogP contribution < -0.4 is 10.6 Å². The molecule has 0 aliphatic heterocycles. The van der Waals surface area contributed by atoms with Gasteiger partial charge in [-0.2, -0.15) is 5.10 Å². The topological polar surface area (TPSA) is 87.6 Å². The number of furan rings is 1. The minimum absolute atomic E-state index is 0.207. The molecule has 3 rings (SSSR count). The Labute approximate surface area is 177 Å². The normalized spacial score (nSPS) is 13.8. The van der Waals surface area contributed by atoms with Gasteiger partial charge in [0.15, 0.2) is 5.96 Å². The number of hydrogen-bond acceptors (Lipinski definition) is 4. The van der Waals surface area contributed by atoms with Crippen LogP contribution >= 0.6 is 0 Å². The maximum Gasteiger partial charge on any atom is 0.191 e. The molecule has 1 aromatic carbocycles. The highest BCUT2D eigenvalue weighted by Crippen LogP contribution is 2.21. The molecule has 7 heteroatoms. The average Bonchev–Trinajstić information content (AvgIpc) is 3.41. The van der Waals surface area contributed by atoms with E-state index in [0.29, 0.717) is 11.7 Å². The van der Waals surface area contributed by atoms with E-state index in [-0.39, 0.29) is 6.54 Å². The fourth-order valence-electron chi connectivity index (χ4n) is 3.18. The van der Waals surface area contributed by atoms with Crippen LogP contribution in [0.2, 0.25) is 0 Å². The first-order chi connectivity index (χ1) is 14.5. The molecule has 0 saturated carbocycles. The van der Waals surface area contributed by atoms with Crippen molar-refractivity contribution in [2.75, 3.05) is 19.6 Å². The molecule has 1 unspecified atom stereocenters. The molecule has 0 aliphatic carbocycles. The molecule has 0 spiro atoms. The molecule has 3 aromatic rings. The van der Waals surface area contributed by atoms with Gasteiger partial charge in [0, 0.05) is 19.3 Å². The maximum absolute atomic E-state index is 10.6. The van der Waals surface area contributed by atoms with Crippen LogP contribution in [0.4, 0.5) is 0 Å². The van der Waals surface area contributed by atoms with Gasteiger partial charge < -0.3 is 20.2 Å². The molecule has 0 amide bonds. The van der Waals surface area contributed by atoms with Crippen LogP contribution in [0.15, 0.2) is 64.3 Å². The zero-order chi connectivity index (χ0) is 21.4. The Bertz CT molecular complexity index is 930. The third-order valence-corrected chi connectivity index (χ3v) is 4.88. The van der Waals surface area contributed by atoms with Gasteiger partial charge in [0.1, 0.15) is 11.4 Å². The van der Waals surface area contributed by atoms with Crippen molar-refractivity contribution in [3.8, 4) is 5.69 Å². The summed E-state index contributed by atoms with van der Waals surface area (Å²) in [5.41, 5.74) is 2.21. The summed E-state index contributed by atoms with van der Waals surface area (Å²) in [4.78, 5) is 4.51. The van der Waals surface area contributed by atoms with Gasteiger partial charge in [-0.05, 0) is 63.4 Å². The minimum atomic E-state index is -1.14. The SMILES string of the molecule is CCNC(=NCC(C)(O)c1ccco1)NCCCc1cn(-c2ccccc2)nc1C. The van der Waals surface area contributed by atoms with Crippen LogP contribution in [-0.2, 0) is 12.0 Å². The molecule has 0 aliphatic rings. The van der Waals surface area contributed by atoms with E-state index >= 15 is 0 Å². The number of aliphatic hydroxyl groups is 1. The Kier molecular flexibility index (Phi) is 7.30. The molecule has 7 nitrogen and oxygen atoms in total. The van der Waals surface area contributed by atoms with E-state index in [1.807, 2.05) is 36.7 Å². The Balaban J connectivity index is 1.52. The molecule has 30 heavy (non-hydrogen) atoms. The summed E-state index contributed by atoms with van der Waals surface area (Å²) in [5.74, 6) is 1.19. The standard InChI is InChI=1S/C23H31N5O2/c1-4-24-22(26-17-23(3,29)21-13-9-15-30-21)25-14-8-10-19-16-28(27-18(19)2)20-11-6-5-7-12-20/h5-7,9,11-13,15-16,29H,4,8,10,14,17H2,1-3H3,(H2,24,25,26). The van der Waals surface area contributed by atoms with E-state index < -0.39 is 5.60 Å². The quantitative estimate of drug-likeness (QED) is 0.287. The van der Waals surface area contributed by atoms with E-state index in [0.717, 1.165) is 37.3 Å². The minimum Gasteiger partial charge on any atom is -0.466 e. The van der Waals surface area contributed by atoms with Crippen LogP contribution in [0, 0.1) is 6.92 Å². The Morgan fingerprint density at radius 2 is 2.00 bits per heavy atom. The summed E-state index contributed by atoms with van der Waals surface area (Å²) in [6, 6.07) is 13.7. The number of nitrogens with one attached hydrogen (secondary N) is 2. The van der Waals surface area contributed by atoms with Crippen LogP contribution in [0.3, 0.4) is 0 Å². The lowest BCUT2D eigenvalue weighted by molar-refractivity contribution is 0.0437. The highest BCUT2D eigenvalue weighted by molar-refractivity contribution is 5.79. The lowest BCUT2D eigenvalue weighted by Crippen LogP contribution is -2.39. The number of para-hydroxylation sites is 1. The molecular formula is C23H31N5O2. The van der Waals surface area contributed by atoms with Gasteiger partial charge >= 0.3 is 0 Å². The van der Waals surface area contributed by atoms with Crippen molar-refractivity contribution in [1.29, 1.82) is 0 Å². The zero-order valence-corrected chi connectivity index (χ0v) is 17.9. The number of aromatic nitrogens is 2. The number of aryl methyl sites for hydroxylation is 2. The first-order valence-corrected chi connectivity index (χ1v) is 10.4. The molecule has 0 bridgehead atoms. The molecule has 0 fully saturated rings. The average molecular weight is 410 g/mol. The van der Waals surface area contributed by atoms with Gasteiger partial charge in [0.25, 0.3) is 0 Å². The van der Waals surface area contributed by atoms with Crippen molar-refractivity contribution in [2.45, 2.75) is 39.2 Å². The van der Waals surface area contributed by atoms with E-state index in [1.165, 1.54) is 5.56 Å². The second-order valence-corrected chi connectivity index (χ2v) is 7.50. The van der Waals surface area contributed by atoms with Crippen LogP contribution in [0.5, 0.6) is 0 Å². The smallest absolute Gasteiger partial charge is 0.191 e. The second-order valence-electron chi connectivity index (χ2n) is 7.50. The van der Waals surface area contributed by atoms with E-state index in [4.69, 9.17) is 4.42 Å². The van der Waals surface area contributed by atoms with Gasteiger partial charge in [0.05, 0.1) is 24.2 Å². The molecule has 0 radical (unpaired) electrons. The summed E-state index contributed by atoms with van der Waals surface area (Å²) in [6.07, 6.45) is 5.53. The van der Waals surface area contributed by atoms with Gasteiger partial charge in [-0.25, -0.2) is 9.67 Å². The molecule has 2 heterocycles. The third-order valence-electron chi connectivity index (χ3n) is 4.88. The number of benzene rings is 1. The van der Waals surface area contributed by atoms with Crippen molar-refractivity contribution in [2.24, 2.45) is 4.99 Å². The molecule has 2 aromatic heterocycles. The van der Waals surface area contributed by atoms with Gasteiger partial charge in [-0.3, -0.25) is 0 Å². The summed E-state index contributed by atoms with van der Waals surface area (Å²) in [6.45, 7) is 7.49. The lowest BCUT2D eigenvalue weighted by atomic mass is 10.0. The number of guanidine groups is 1. The Morgan fingerprint density at radius 3 is 2.70 bits per heavy atom. The Hall–Kier alpha value is -3.06. The first-order valence-electron chi connectivity index (χ1n) is 10.4. The monoisotopic (exact) mass is 409 g/mol. The number of rotatable bonds is 9. The fraction of sp³-hybridized carbons (Fsp3) is 0.391. The fourth-order valence-corrected chi connectivity index (χ4v) is 3.18. The summed E-state index contributed by atoms with van der Waals surface area (Å²) < 4.78 is 7.25. The predicted molar refractivity (Wildman–Crippen MR) is 119 cm³/mol. The van der Waals surface area contributed by atoms with Crippen molar-refractivity contribution in [3.63, 3.8) is 0 Å². The highest BCUT2D eigenvalue weighted by atomic mass is 16.4. The molecule has 1 atom stereocenters. The van der Waals surface area contributed by atoms with Gasteiger partial charge in [-0.1, -0.05) is 18.2 Å². The van der Waals surface area contributed by atoms with E-state index in [1.54, 1.807) is 25.3 Å². The van der Waals surface area contributed by atoms with Crippen LogP contribution in [0.1, 0.15) is 37.3 Å². The predicted octanol–water partition coefficient (Wildman–Crippen LogP) is 3.17. The van der Waals surface area contributed by atoms with Gasteiger partial charge in [0.2, 0.25) is 0 Å². The first kappa shape index (κ1) is 21.6. The van der Waals surface area contributed by atoms with Crippen molar-refractivity contribution in [1.82, 2.24) is 20.4 Å². The molecule has 3 N–H and O–H groups in total.